The molecule has 0 spiro atoms. The Balaban J connectivity index is 2.68. The Bertz CT molecular complexity index is 237. The molecule has 0 aliphatic heterocycles. The first-order valence-corrected chi connectivity index (χ1v) is 7.87. The van der Waals surface area contributed by atoms with Crippen LogP contribution in [0, 0.1) is 11.3 Å². The molecule has 2 heteroatoms. The average molecular weight is 254 g/mol. The SMILES string of the molecule is CCC(C)N(CC)CC1CCCC(C)(C)C1NC. The van der Waals surface area contributed by atoms with E-state index in [0.29, 0.717) is 11.5 Å². The van der Waals surface area contributed by atoms with Crippen LogP contribution in [-0.2, 0) is 0 Å². The maximum atomic E-state index is 3.60. The maximum Gasteiger partial charge on any atom is 0.0156 e. The second-order valence-electron chi connectivity index (χ2n) is 6.75. The summed E-state index contributed by atoms with van der Waals surface area (Å²) >= 11 is 0. The molecule has 0 saturated heterocycles. The largest absolute Gasteiger partial charge is 0.316 e. The molecule has 108 valence electrons. The summed E-state index contributed by atoms with van der Waals surface area (Å²) in [4.78, 5) is 2.66. The molecular weight excluding hydrogens is 220 g/mol. The highest BCUT2D eigenvalue weighted by Crippen LogP contribution is 2.39. The van der Waals surface area contributed by atoms with Crippen LogP contribution in [0.15, 0.2) is 0 Å². The van der Waals surface area contributed by atoms with Crippen molar-refractivity contribution >= 4 is 0 Å². The molecule has 3 unspecified atom stereocenters. The van der Waals surface area contributed by atoms with Gasteiger partial charge in [-0.1, -0.05) is 34.1 Å². The van der Waals surface area contributed by atoms with Gasteiger partial charge in [-0.15, -0.1) is 0 Å². The van der Waals surface area contributed by atoms with Gasteiger partial charge in [0.2, 0.25) is 0 Å². The van der Waals surface area contributed by atoms with Crippen molar-refractivity contribution in [2.75, 3.05) is 20.1 Å². The summed E-state index contributed by atoms with van der Waals surface area (Å²) in [5.74, 6) is 0.813. The van der Waals surface area contributed by atoms with Crippen molar-refractivity contribution in [3.63, 3.8) is 0 Å². The third-order valence-corrected chi connectivity index (χ3v) is 5.11. The number of rotatable bonds is 6. The molecule has 0 aromatic heterocycles. The van der Waals surface area contributed by atoms with E-state index >= 15 is 0 Å². The topological polar surface area (TPSA) is 15.3 Å². The summed E-state index contributed by atoms with van der Waals surface area (Å²) in [6.45, 7) is 14.3. The van der Waals surface area contributed by atoms with Gasteiger partial charge in [-0.25, -0.2) is 0 Å². The van der Waals surface area contributed by atoms with Gasteiger partial charge in [-0.2, -0.15) is 0 Å². The van der Waals surface area contributed by atoms with Crippen LogP contribution in [0.2, 0.25) is 0 Å². The fourth-order valence-corrected chi connectivity index (χ4v) is 3.78. The zero-order valence-corrected chi connectivity index (χ0v) is 13.4. The highest BCUT2D eigenvalue weighted by molar-refractivity contribution is 4.94. The van der Waals surface area contributed by atoms with Gasteiger partial charge in [0.05, 0.1) is 0 Å². The number of nitrogens with one attached hydrogen (secondary N) is 1. The Kier molecular flexibility index (Phi) is 6.13. The third-order valence-electron chi connectivity index (χ3n) is 5.11. The van der Waals surface area contributed by atoms with E-state index in [4.69, 9.17) is 0 Å². The lowest BCUT2D eigenvalue weighted by atomic mass is 9.67. The van der Waals surface area contributed by atoms with Crippen LogP contribution >= 0.6 is 0 Å². The van der Waals surface area contributed by atoms with Crippen molar-refractivity contribution < 1.29 is 0 Å². The van der Waals surface area contributed by atoms with E-state index < -0.39 is 0 Å². The summed E-state index contributed by atoms with van der Waals surface area (Å²) in [6, 6.07) is 1.39. The van der Waals surface area contributed by atoms with Gasteiger partial charge in [0, 0.05) is 18.6 Å². The molecule has 0 aromatic carbocycles. The maximum absolute atomic E-state index is 3.60. The summed E-state index contributed by atoms with van der Waals surface area (Å²) in [6.07, 6.45) is 5.41. The summed E-state index contributed by atoms with van der Waals surface area (Å²) in [7, 11) is 2.14. The highest BCUT2D eigenvalue weighted by atomic mass is 15.2. The zero-order chi connectivity index (χ0) is 13.8. The van der Waals surface area contributed by atoms with Crippen LogP contribution in [0.3, 0.4) is 0 Å². The van der Waals surface area contributed by atoms with Crippen LogP contribution in [-0.4, -0.2) is 37.1 Å². The van der Waals surface area contributed by atoms with Gasteiger partial charge in [0.1, 0.15) is 0 Å². The summed E-state index contributed by atoms with van der Waals surface area (Å²) in [5.41, 5.74) is 0.451. The van der Waals surface area contributed by atoms with Gasteiger partial charge in [0.15, 0.2) is 0 Å². The first kappa shape index (κ1) is 16.0. The molecule has 0 heterocycles. The predicted molar refractivity (Wildman–Crippen MR) is 81.0 cm³/mol. The van der Waals surface area contributed by atoms with Gasteiger partial charge in [-0.3, -0.25) is 0 Å². The van der Waals surface area contributed by atoms with Crippen LogP contribution < -0.4 is 5.32 Å². The standard InChI is InChI=1S/C16H34N2/c1-7-13(3)18(8-2)12-14-10-9-11-16(4,5)15(14)17-6/h13-15,17H,7-12H2,1-6H3. The van der Waals surface area contributed by atoms with Crippen molar-refractivity contribution in [1.82, 2.24) is 10.2 Å². The van der Waals surface area contributed by atoms with Crippen molar-refractivity contribution in [1.29, 1.82) is 0 Å². The molecule has 1 saturated carbocycles. The van der Waals surface area contributed by atoms with Crippen LogP contribution in [0.25, 0.3) is 0 Å². The lowest BCUT2D eigenvalue weighted by Gasteiger charge is -2.46. The predicted octanol–water partition coefficient (Wildman–Crippen LogP) is 3.52. The fourth-order valence-electron chi connectivity index (χ4n) is 3.78. The van der Waals surface area contributed by atoms with E-state index in [9.17, 15) is 0 Å². The first-order valence-electron chi connectivity index (χ1n) is 7.87. The highest BCUT2D eigenvalue weighted by Gasteiger charge is 2.38. The second kappa shape index (κ2) is 6.91. The first-order chi connectivity index (χ1) is 8.46. The minimum atomic E-state index is 0.451. The number of hydrogen-bond donors (Lipinski definition) is 1. The molecule has 1 aliphatic carbocycles. The lowest BCUT2D eigenvalue weighted by Crippen LogP contribution is -2.52. The van der Waals surface area contributed by atoms with Gasteiger partial charge < -0.3 is 10.2 Å². The molecule has 1 rings (SSSR count). The van der Waals surface area contributed by atoms with Crippen LogP contribution in [0.1, 0.15) is 60.3 Å². The number of hydrogen-bond acceptors (Lipinski definition) is 2. The monoisotopic (exact) mass is 254 g/mol. The van der Waals surface area contributed by atoms with E-state index in [1.54, 1.807) is 0 Å². The van der Waals surface area contributed by atoms with E-state index in [-0.39, 0.29) is 0 Å². The Labute approximate surface area is 115 Å². The van der Waals surface area contributed by atoms with Gasteiger partial charge >= 0.3 is 0 Å². The quantitative estimate of drug-likeness (QED) is 0.780. The molecule has 0 radical (unpaired) electrons. The minimum absolute atomic E-state index is 0.451. The third kappa shape index (κ3) is 3.71. The minimum Gasteiger partial charge on any atom is -0.316 e. The van der Waals surface area contributed by atoms with E-state index in [1.807, 2.05) is 0 Å². The Morgan fingerprint density at radius 3 is 2.50 bits per heavy atom. The smallest absolute Gasteiger partial charge is 0.0156 e. The number of nitrogens with zero attached hydrogens (tertiary/aromatic N) is 1. The molecular formula is C16H34N2. The zero-order valence-electron chi connectivity index (χ0n) is 13.4. The molecule has 18 heavy (non-hydrogen) atoms. The molecule has 0 amide bonds. The Hall–Kier alpha value is -0.0800. The fraction of sp³-hybridized carbons (Fsp3) is 1.00. The lowest BCUT2D eigenvalue weighted by molar-refractivity contribution is 0.0724. The second-order valence-corrected chi connectivity index (χ2v) is 6.75. The van der Waals surface area contributed by atoms with E-state index in [0.717, 1.165) is 12.0 Å². The van der Waals surface area contributed by atoms with Crippen molar-refractivity contribution in [2.45, 2.75) is 72.4 Å². The Morgan fingerprint density at radius 2 is 2.00 bits per heavy atom. The summed E-state index contributed by atoms with van der Waals surface area (Å²) in [5, 5.41) is 3.60. The van der Waals surface area contributed by atoms with E-state index in [1.165, 1.54) is 38.8 Å². The molecule has 1 N–H and O–H groups in total. The molecule has 0 bridgehead atoms. The van der Waals surface area contributed by atoms with Gasteiger partial charge in [-0.05, 0) is 51.1 Å². The molecule has 1 fully saturated rings. The summed E-state index contributed by atoms with van der Waals surface area (Å²) < 4.78 is 0. The average Bonchev–Trinajstić information content (AvgIpc) is 2.34. The van der Waals surface area contributed by atoms with Crippen molar-refractivity contribution in [2.24, 2.45) is 11.3 Å². The molecule has 1 aliphatic rings. The van der Waals surface area contributed by atoms with Gasteiger partial charge in [0.25, 0.3) is 0 Å². The van der Waals surface area contributed by atoms with Crippen LogP contribution in [0.4, 0.5) is 0 Å². The van der Waals surface area contributed by atoms with Crippen molar-refractivity contribution in [3.05, 3.63) is 0 Å². The van der Waals surface area contributed by atoms with Crippen molar-refractivity contribution in [3.8, 4) is 0 Å². The molecule has 0 aromatic rings. The molecule has 2 nitrogen and oxygen atoms in total. The molecule has 3 atom stereocenters. The Morgan fingerprint density at radius 1 is 1.33 bits per heavy atom. The van der Waals surface area contributed by atoms with E-state index in [2.05, 4.69) is 51.9 Å². The van der Waals surface area contributed by atoms with Crippen LogP contribution in [0.5, 0.6) is 0 Å². The normalized spacial score (nSPS) is 29.5.